The summed E-state index contributed by atoms with van der Waals surface area (Å²) in [4.78, 5) is 22.5. The molecule has 2 rings (SSSR count). The average Bonchev–Trinajstić information content (AvgIpc) is 2.59. The summed E-state index contributed by atoms with van der Waals surface area (Å²) >= 11 is 6.00. The van der Waals surface area contributed by atoms with Crippen LogP contribution in [0.25, 0.3) is 6.08 Å². The lowest BCUT2D eigenvalue weighted by atomic mass is 10.1. The first-order chi connectivity index (χ1) is 11.8. The summed E-state index contributed by atoms with van der Waals surface area (Å²) in [5.41, 5.74) is 0.811. The van der Waals surface area contributed by atoms with Crippen molar-refractivity contribution >= 4 is 39.5 Å². The maximum absolute atomic E-state index is 12.2. The fourth-order valence-electron chi connectivity index (χ4n) is 1.93. The van der Waals surface area contributed by atoms with Crippen molar-refractivity contribution in [1.29, 1.82) is 0 Å². The topological polar surface area (TPSA) is 101 Å². The number of carboxylic acid groups (broad SMARTS) is 1. The van der Waals surface area contributed by atoms with E-state index in [9.17, 15) is 18.0 Å². The van der Waals surface area contributed by atoms with Gasteiger partial charge in [0.1, 0.15) is 6.54 Å². The molecule has 0 aliphatic carbocycles. The van der Waals surface area contributed by atoms with E-state index in [0.29, 0.717) is 10.6 Å². The van der Waals surface area contributed by atoms with E-state index < -0.39 is 28.3 Å². The number of hydrogen-bond acceptors (Lipinski definition) is 4. The van der Waals surface area contributed by atoms with Crippen molar-refractivity contribution in [3.05, 3.63) is 70.8 Å². The Hall–Kier alpha value is -2.48. The summed E-state index contributed by atoms with van der Waals surface area (Å²) in [5, 5.41) is 9.05. The Balaban J connectivity index is 2.22. The monoisotopic (exact) mass is 379 g/mol. The van der Waals surface area contributed by atoms with Crippen LogP contribution in [0.3, 0.4) is 0 Å². The largest absolute Gasteiger partial charge is 0.480 e. The number of halogens is 1. The van der Waals surface area contributed by atoms with Gasteiger partial charge in [0.25, 0.3) is 0 Å². The van der Waals surface area contributed by atoms with E-state index in [0.717, 1.165) is 0 Å². The molecule has 0 heterocycles. The molecule has 0 spiro atoms. The molecule has 0 saturated carbocycles. The van der Waals surface area contributed by atoms with Crippen LogP contribution in [-0.4, -0.2) is 31.8 Å². The highest BCUT2D eigenvalue weighted by Gasteiger charge is 2.16. The third kappa shape index (κ3) is 5.25. The van der Waals surface area contributed by atoms with E-state index in [1.54, 1.807) is 24.3 Å². The number of hydrogen-bond donors (Lipinski definition) is 2. The van der Waals surface area contributed by atoms with Crippen LogP contribution in [0.2, 0.25) is 5.02 Å². The molecule has 0 atom stereocenters. The van der Waals surface area contributed by atoms with Crippen LogP contribution < -0.4 is 4.72 Å². The van der Waals surface area contributed by atoms with Gasteiger partial charge in [0.05, 0.1) is 4.90 Å². The van der Waals surface area contributed by atoms with Crippen molar-refractivity contribution in [2.24, 2.45) is 0 Å². The highest BCUT2D eigenvalue weighted by atomic mass is 35.5. The zero-order valence-corrected chi connectivity index (χ0v) is 14.4. The standard InChI is InChI=1S/C17H14ClNO5S/c18-15-7-2-1-4-12(15)8-9-16(20)13-5-3-6-14(10-13)25(23,24)19-11-17(21)22/h1-10,19H,11H2,(H,21,22). The molecule has 0 radical (unpaired) electrons. The number of ketones is 1. The van der Waals surface area contributed by atoms with E-state index in [-0.39, 0.29) is 10.5 Å². The Kier molecular flexibility index (Phi) is 6.08. The van der Waals surface area contributed by atoms with Gasteiger partial charge in [-0.15, -0.1) is 0 Å². The molecule has 0 bridgehead atoms. The van der Waals surface area contributed by atoms with E-state index >= 15 is 0 Å². The number of aliphatic carboxylic acids is 1. The number of allylic oxidation sites excluding steroid dienone is 1. The Morgan fingerprint density at radius 3 is 2.52 bits per heavy atom. The maximum Gasteiger partial charge on any atom is 0.318 e. The molecule has 2 aromatic carbocycles. The first-order valence-electron chi connectivity index (χ1n) is 7.08. The molecule has 0 aliphatic heterocycles. The zero-order chi connectivity index (χ0) is 18.4. The molecule has 0 fully saturated rings. The minimum absolute atomic E-state index is 0.154. The van der Waals surface area contributed by atoms with Crippen molar-refractivity contribution in [3.8, 4) is 0 Å². The van der Waals surface area contributed by atoms with Crippen LogP contribution in [0.1, 0.15) is 15.9 Å². The van der Waals surface area contributed by atoms with Gasteiger partial charge in [-0.2, -0.15) is 4.72 Å². The quantitative estimate of drug-likeness (QED) is 0.569. The summed E-state index contributed by atoms with van der Waals surface area (Å²) < 4.78 is 26.0. The first kappa shape index (κ1) is 18.9. The highest BCUT2D eigenvalue weighted by Crippen LogP contribution is 2.17. The fourth-order valence-corrected chi connectivity index (χ4v) is 3.15. The second-order valence-electron chi connectivity index (χ2n) is 4.97. The molecule has 2 aromatic rings. The number of carbonyl (C=O) groups excluding carboxylic acids is 1. The van der Waals surface area contributed by atoms with Crippen LogP contribution in [0.5, 0.6) is 0 Å². The second-order valence-corrected chi connectivity index (χ2v) is 7.14. The Bertz CT molecular complexity index is 938. The van der Waals surface area contributed by atoms with E-state index in [1.165, 1.54) is 36.4 Å². The van der Waals surface area contributed by atoms with Crippen molar-refractivity contribution in [2.45, 2.75) is 4.90 Å². The van der Waals surface area contributed by atoms with Gasteiger partial charge in [-0.05, 0) is 35.9 Å². The van der Waals surface area contributed by atoms with Crippen LogP contribution in [0.4, 0.5) is 0 Å². The summed E-state index contributed by atoms with van der Waals surface area (Å²) in [6.45, 7) is -0.743. The predicted octanol–water partition coefficient (Wildman–Crippen LogP) is 2.60. The maximum atomic E-state index is 12.2. The van der Waals surface area contributed by atoms with Gasteiger partial charge in [-0.3, -0.25) is 9.59 Å². The number of benzene rings is 2. The summed E-state index contributed by atoms with van der Waals surface area (Å²) in [6, 6.07) is 12.3. The minimum atomic E-state index is -4.01. The molecule has 0 saturated heterocycles. The van der Waals surface area contributed by atoms with Crippen molar-refractivity contribution in [2.75, 3.05) is 6.54 Å². The van der Waals surface area contributed by atoms with Crippen LogP contribution in [-0.2, 0) is 14.8 Å². The van der Waals surface area contributed by atoms with Gasteiger partial charge in [0.2, 0.25) is 10.0 Å². The average molecular weight is 380 g/mol. The number of carboxylic acids is 1. The van der Waals surface area contributed by atoms with Crippen LogP contribution >= 0.6 is 11.6 Å². The molecular formula is C17H14ClNO5S. The van der Waals surface area contributed by atoms with Crippen LogP contribution in [0, 0.1) is 0 Å². The molecule has 0 amide bonds. The molecular weight excluding hydrogens is 366 g/mol. The molecule has 8 heteroatoms. The molecule has 0 aromatic heterocycles. The predicted molar refractivity (Wildman–Crippen MR) is 94.1 cm³/mol. The molecule has 0 aliphatic rings. The Labute approximate surface area is 149 Å². The van der Waals surface area contributed by atoms with E-state index in [1.807, 2.05) is 4.72 Å². The van der Waals surface area contributed by atoms with Crippen LogP contribution in [0.15, 0.2) is 59.5 Å². The van der Waals surface area contributed by atoms with Gasteiger partial charge >= 0.3 is 5.97 Å². The minimum Gasteiger partial charge on any atom is -0.480 e. The Morgan fingerprint density at radius 1 is 1.12 bits per heavy atom. The van der Waals surface area contributed by atoms with E-state index in [4.69, 9.17) is 16.7 Å². The second kappa shape index (κ2) is 8.06. The summed E-state index contributed by atoms with van der Waals surface area (Å²) in [5.74, 6) is -1.71. The normalized spacial score (nSPS) is 11.6. The summed E-state index contributed by atoms with van der Waals surface area (Å²) in [7, 11) is -4.01. The van der Waals surface area contributed by atoms with E-state index in [2.05, 4.69) is 0 Å². The third-order valence-corrected chi connectivity index (χ3v) is 4.90. The van der Waals surface area contributed by atoms with Gasteiger partial charge in [-0.1, -0.05) is 41.9 Å². The number of rotatable bonds is 7. The third-order valence-electron chi connectivity index (χ3n) is 3.16. The van der Waals surface area contributed by atoms with Crippen molar-refractivity contribution in [3.63, 3.8) is 0 Å². The lowest BCUT2D eigenvalue weighted by Gasteiger charge is -2.05. The number of sulfonamides is 1. The lowest BCUT2D eigenvalue weighted by molar-refractivity contribution is -0.135. The molecule has 0 unspecified atom stereocenters. The smallest absolute Gasteiger partial charge is 0.318 e. The van der Waals surface area contributed by atoms with Gasteiger partial charge < -0.3 is 5.11 Å². The molecule has 25 heavy (non-hydrogen) atoms. The van der Waals surface area contributed by atoms with Gasteiger partial charge in [0.15, 0.2) is 5.78 Å². The SMILES string of the molecule is O=C(O)CNS(=O)(=O)c1cccc(C(=O)C=Cc2ccccc2Cl)c1. The fraction of sp³-hybridized carbons (Fsp3) is 0.0588. The summed E-state index contributed by atoms with van der Waals surface area (Å²) in [6.07, 6.45) is 2.83. The Morgan fingerprint density at radius 2 is 1.84 bits per heavy atom. The first-order valence-corrected chi connectivity index (χ1v) is 8.94. The molecule has 6 nitrogen and oxygen atoms in total. The molecule has 2 N–H and O–H groups in total. The van der Waals surface area contributed by atoms with Crippen molar-refractivity contribution in [1.82, 2.24) is 4.72 Å². The lowest BCUT2D eigenvalue weighted by Crippen LogP contribution is -2.29. The number of nitrogens with one attached hydrogen (secondary N) is 1. The van der Waals surface area contributed by atoms with Gasteiger partial charge in [-0.25, -0.2) is 8.42 Å². The highest BCUT2D eigenvalue weighted by molar-refractivity contribution is 7.89. The van der Waals surface area contributed by atoms with Gasteiger partial charge in [0, 0.05) is 10.6 Å². The van der Waals surface area contributed by atoms with Crippen molar-refractivity contribution < 1.29 is 23.1 Å². The number of carbonyl (C=O) groups is 2. The molecule has 130 valence electrons. The zero-order valence-electron chi connectivity index (χ0n) is 12.8.